The lowest BCUT2D eigenvalue weighted by atomic mass is 9.52. The van der Waals surface area contributed by atoms with Crippen LogP contribution >= 0.6 is 0 Å². The largest absolute Gasteiger partial charge is 0.494 e. The molecule has 5 aromatic rings. The lowest BCUT2D eigenvalue weighted by Gasteiger charge is -2.58. The third-order valence-corrected chi connectivity index (χ3v) is 32.5. The summed E-state index contributed by atoms with van der Waals surface area (Å²) in [6.07, 6.45) is 44.6. The van der Waals surface area contributed by atoms with Crippen LogP contribution in [0.3, 0.4) is 0 Å². The summed E-state index contributed by atoms with van der Waals surface area (Å²) in [5.74, 6) is 7.41. The van der Waals surface area contributed by atoms with Crippen LogP contribution in [0.1, 0.15) is 274 Å². The number of piperidine rings is 5. The number of hydrogen-bond donors (Lipinski definition) is 0. The van der Waals surface area contributed by atoms with Gasteiger partial charge in [0.05, 0.1) is 12.7 Å². The van der Waals surface area contributed by atoms with Crippen LogP contribution in [-0.4, -0.2) is 135 Å². The van der Waals surface area contributed by atoms with Crippen LogP contribution in [0.4, 0.5) is 0 Å². The molecule has 104 heavy (non-hydrogen) atoms. The molecule has 5 aromatic carbocycles. The average Bonchev–Trinajstić information content (AvgIpc) is 0.763. The molecule has 0 radical (unpaired) electrons. The number of benzene rings is 5. The van der Waals surface area contributed by atoms with Crippen molar-refractivity contribution in [2.24, 2.45) is 35.5 Å². The second kappa shape index (κ2) is 30.1. The van der Waals surface area contributed by atoms with E-state index in [2.05, 4.69) is 199 Å². The van der Waals surface area contributed by atoms with Crippen molar-refractivity contribution in [3.8, 4) is 11.5 Å². The Morgan fingerprint density at radius 3 is 1.01 bits per heavy atom. The van der Waals surface area contributed by atoms with Crippen molar-refractivity contribution in [2.75, 3.05) is 74.6 Å². The molecule has 15 atom stereocenters. The predicted octanol–water partition coefficient (Wildman–Crippen LogP) is 20.1. The van der Waals surface area contributed by atoms with Crippen molar-refractivity contribution >= 4 is 0 Å². The second-order valence-electron chi connectivity index (χ2n) is 38.4. The predicted molar refractivity (Wildman–Crippen MR) is 434 cm³/mol. The zero-order valence-corrected chi connectivity index (χ0v) is 67.5. The maximum Gasteiger partial charge on any atom is 0.119 e. The summed E-state index contributed by atoms with van der Waals surface area (Å²) < 4.78 is 11.8. The van der Waals surface area contributed by atoms with Gasteiger partial charge in [-0.15, -0.1) is 0 Å². The Morgan fingerprint density at radius 1 is 0.356 bits per heavy atom. The van der Waals surface area contributed by atoms with Gasteiger partial charge in [-0.3, -0.25) is 0 Å². The molecule has 20 rings (SSSR count). The smallest absolute Gasteiger partial charge is 0.119 e. The van der Waals surface area contributed by atoms with Crippen LogP contribution in [0, 0.1) is 42.4 Å². The molecule has 15 aliphatic rings. The molecule has 10 aliphatic carbocycles. The zero-order valence-electron chi connectivity index (χ0n) is 67.5. The molecule has 7 nitrogen and oxygen atoms in total. The SMILES string of the molecule is CC(C)Cc1ccc2c(c1)[C@]13CCCC[C@@H]1[C@H](C2)N(C)CC3.CC(C)Oc1ccc2c(c1)[C@]13CCCC[C@@H]1[C@H](C2)N(C)CC3.CCOc1ccc2c(c1)[C@]13CCCC[C@@H]1[C@H](C2)N(C)CC3.CCc1ccc2c(c1)[C@]13CCCC[C@@H]1[C@H](C2)N(C)CC3.Cc1ccc2c(c1)[C@]13CCCC[C@@H]1[C@H](C2)N(C)CC3. The monoisotopic (exact) mass is 1410 g/mol. The molecule has 0 unspecified atom stereocenters. The van der Waals surface area contributed by atoms with Crippen molar-refractivity contribution in [3.63, 3.8) is 0 Å². The summed E-state index contributed by atoms with van der Waals surface area (Å²) in [5.41, 5.74) is 23.8. The van der Waals surface area contributed by atoms with Crippen molar-refractivity contribution < 1.29 is 9.47 Å². The number of ether oxygens (including phenoxy) is 2. The molecule has 7 heteroatoms. The topological polar surface area (TPSA) is 34.7 Å². The first-order valence-corrected chi connectivity index (χ1v) is 43.8. The molecule has 5 saturated carbocycles. The first-order valence-electron chi connectivity index (χ1n) is 43.8. The lowest BCUT2D eigenvalue weighted by molar-refractivity contribution is 0.00265. The molecule has 0 N–H and O–H groups in total. The lowest BCUT2D eigenvalue weighted by Crippen LogP contribution is -2.59. The highest BCUT2D eigenvalue weighted by Gasteiger charge is 2.58. The Labute approximate surface area is 632 Å². The first kappa shape index (κ1) is 73.6. The fraction of sp³-hybridized carbons (Fsp3) is 0.691. The van der Waals surface area contributed by atoms with Gasteiger partial charge in [-0.1, -0.05) is 157 Å². The molecule has 0 aromatic heterocycles. The van der Waals surface area contributed by atoms with Gasteiger partial charge in [0.15, 0.2) is 0 Å². The summed E-state index contributed by atoms with van der Waals surface area (Å²) in [6, 6.07) is 40.0. The van der Waals surface area contributed by atoms with E-state index in [4.69, 9.17) is 9.47 Å². The van der Waals surface area contributed by atoms with Crippen LogP contribution in [0.5, 0.6) is 11.5 Å². The standard InChI is InChI=1S/C21H31N.C20H29NO.C19H27NO.C19H27N.C18H25N/c1-15(2)12-16-7-8-17-14-20-18-6-4-5-9-21(18,19(17)13-16)10-11-22(20)3;1-14(2)22-16-8-7-15-12-19-17-6-4-5-9-20(17,18(15)13-16)10-11-21(19)3;1-3-21-15-8-7-14-12-18-16-6-4-5-9-19(16,17(14)13-15)10-11-20(18)2;1-3-14-7-8-15-13-18-16-6-4-5-9-19(16,17(15)12-14)10-11-20(18)2;1-13-6-7-14-12-17-15-5-3-4-8-18(15,16(14)11-13)9-10-19(17)2/h7-8,13,15,18,20H,4-6,9-12,14H2,1-3H3;7-8,13-14,17,19H,4-6,9-12H2,1-3H3;7-8,13,16,18H,3-6,9-12H2,1-2H3;7-8,12,16,18H,3-6,9-11,13H2,1-2H3;6-7,11,15,17H,3-5,8-10,12H2,1-2H3/t18-,20+,21+;17-,19+,20+;2*16-,18+,19+;15-,17+,18+/m11111/s1. The average molecular weight is 1410 g/mol. The molecule has 564 valence electrons. The van der Waals surface area contributed by atoms with Gasteiger partial charge in [-0.05, 0) is 363 Å². The third kappa shape index (κ3) is 13.1. The third-order valence-electron chi connectivity index (χ3n) is 32.5. The zero-order chi connectivity index (χ0) is 71.9. The molecular weight excluding hydrogens is 1270 g/mol. The number of likely N-dealkylation sites (tertiary alicyclic amines) is 5. The van der Waals surface area contributed by atoms with E-state index in [9.17, 15) is 0 Å². The van der Waals surface area contributed by atoms with E-state index >= 15 is 0 Å². The Bertz CT molecular complexity index is 3730. The molecule has 10 bridgehead atoms. The van der Waals surface area contributed by atoms with Gasteiger partial charge in [0.1, 0.15) is 11.5 Å². The van der Waals surface area contributed by atoms with Crippen molar-refractivity contribution in [1.82, 2.24) is 24.5 Å². The minimum Gasteiger partial charge on any atom is -0.494 e. The van der Waals surface area contributed by atoms with Crippen LogP contribution in [0.2, 0.25) is 0 Å². The summed E-state index contributed by atoms with van der Waals surface area (Å²) in [7, 11) is 11.7. The molecule has 0 amide bonds. The van der Waals surface area contributed by atoms with Gasteiger partial charge in [0.25, 0.3) is 0 Å². The number of aryl methyl sites for hydroxylation is 2. The van der Waals surface area contributed by atoms with Crippen molar-refractivity contribution in [2.45, 2.75) is 317 Å². The van der Waals surface area contributed by atoms with Crippen LogP contribution < -0.4 is 9.47 Å². The highest BCUT2D eigenvalue weighted by Crippen LogP contribution is 2.61. The van der Waals surface area contributed by atoms with E-state index in [-0.39, 0.29) is 6.10 Å². The van der Waals surface area contributed by atoms with E-state index in [1.165, 1.54) is 244 Å². The number of nitrogens with zero attached hydrogens (tertiary/aromatic N) is 5. The fourth-order valence-electron chi connectivity index (χ4n) is 27.6. The van der Waals surface area contributed by atoms with Gasteiger partial charge in [0.2, 0.25) is 0 Å². The fourth-order valence-corrected chi connectivity index (χ4v) is 27.6. The number of likely N-dealkylation sites (N-methyl/N-ethyl adjacent to an activating group) is 5. The van der Waals surface area contributed by atoms with Gasteiger partial charge in [-0.2, -0.15) is 0 Å². The van der Waals surface area contributed by atoms with Crippen LogP contribution in [0.25, 0.3) is 0 Å². The van der Waals surface area contributed by atoms with E-state index in [0.29, 0.717) is 27.1 Å². The Hall–Kier alpha value is -4.50. The molecule has 5 heterocycles. The van der Waals surface area contributed by atoms with Crippen molar-refractivity contribution in [3.05, 3.63) is 163 Å². The Morgan fingerprint density at radius 2 is 0.663 bits per heavy atom. The number of hydrogen-bond acceptors (Lipinski definition) is 7. The quantitative estimate of drug-likeness (QED) is 0.161. The first-order chi connectivity index (χ1) is 50.4. The number of rotatable bonds is 7. The minimum atomic E-state index is 0.256. The van der Waals surface area contributed by atoms with Gasteiger partial charge in [-0.25, -0.2) is 0 Å². The van der Waals surface area contributed by atoms with Gasteiger partial charge < -0.3 is 34.0 Å². The van der Waals surface area contributed by atoms with E-state index in [0.717, 1.165) is 83.8 Å². The maximum absolute atomic E-state index is 6.01. The molecular formula is C97H139N5O2. The number of fused-ring (bicyclic) bond motifs is 5. The molecule has 0 spiro atoms. The van der Waals surface area contributed by atoms with Gasteiger partial charge >= 0.3 is 0 Å². The summed E-state index contributed by atoms with van der Waals surface area (Å²) >= 11 is 0. The van der Waals surface area contributed by atoms with E-state index in [1.807, 2.05) is 0 Å². The van der Waals surface area contributed by atoms with E-state index < -0.39 is 0 Å². The highest BCUT2D eigenvalue weighted by molar-refractivity contribution is 5.50. The highest BCUT2D eigenvalue weighted by atomic mass is 16.5. The summed E-state index contributed by atoms with van der Waals surface area (Å²) in [6.45, 7) is 22.7. The van der Waals surface area contributed by atoms with Crippen molar-refractivity contribution in [1.29, 1.82) is 0 Å². The van der Waals surface area contributed by atoms with Gasteiger partial charge in [0, 0.05) is 57.3 Å². The second-order valence-corrected chi connectivity index (χ2v) is 38.4. The Kier molecular flexibility index (Phi) is 21.3. The van der Waals surface area contributed by atoms with Crippen LogP contribution in [-0.2, 0) is 72.0 Å². The Balaban J connectivity index is 0.000000100. The minimum absolute atomic E-state index is 0.256. The summed E-state index contributed by atoms with van der Waals surface area (Å²) in [4.78, 5) is 13.2. The van der Waals surface area contributed by atoms with Crippen LogP contribution in [0.15, 0.2) is 91.0 Å². The molecule has 5 aliphatic heterocycles. The maximum atomic E-state index is 6.01. The molecule has 5 saturated heterocycles. The normalized spacial score (nSPS) is 35.4. The van der Waals surface area contributed by atoms with E-state index in [1.54, 1.807) is 66.8 Å². The summed E-state index contributed by atoms with van der Waals surface area (Å²) in [5, 5.41) is 0. The molecule has 10 fully saturated rings.